The lowest BCUT2D eigenvalue weighted by Gasteiger charge is -2.68. The molecule has 4 fully saturated rings. The van der Waals surface area contributed by atoms with Crippen molar-refractivity contribution in [3.63, 3.8) is 0 Å². The summed E-state index contributed by atoms with van der Waals surface area (Å²) in [5, 5.41) is 2.63. The molecule has 0 unspecified atom stereocenters. The van der Waals surface area contributed by atoms with Crippen molar-refractivity contribution < 1.29 is 33.4 Å². The average Bonchev–Trinajstić information content (AvgIpc) is 3.34. The monoisotopic (exact) mass is 632 g/mol. The average molecular weight is 633 g/mol. The molecule has 1 heterocycles. The molecule has 7 rings (SSSR count). The summed E-state index contributed by atoms with van der Waals surface area (Å²) < 4.78 is 10.3. The van der Waals surface area contributed by atoms with Crippen LogP contribution in [-0.4, -0.2) is 54.3 Å². The highest BCUT2D eigenvalue weighted by atomic mass is 16.6. The maximum atomic E-state index is 14.9. The van der Waals surface area contributed by atoms with Crippen molar-refractivity contribution in [1.82, 2.24) is 10.2 Å². The van der Waals surface area contributed by atoms with Crippen molar-refractivity contribution in [2.75, 3.05) is 19.7 Å². The van der Waals surface area contributed by atoms with Gasteiger partial charge < -0.3 is 19.7 Å². The van der Waals surface area contributed by atoms with Gasteiger partial charge in [0.1, 0.15) is 6.54 Å². The van der Waals surface area contributed by atoms with E-state index in [0.29, 0.717) is 6.42 Å². The van der Waals surface area contributed by atoms with Crippen LogP contribution in [0.3, 0.4) is 0 Å². The zero-order valence-corrected chi connectivity index (χ0v) is 27.8. The Morgan fingerprint density at radius 3 is 2.48 bits per heavy atom. The van der Waals surface area contributed by atoms with Crippen LogP contribution >= 0.6 is 0 Å². The number of carbonyl (C=O) groups excluding carboxylic acids is 5. The summed E-state index contributed by atoms with van der Waals surface area (Å²) in [6, 6.07) is 9.65. The Kier molecular flexibility index (Phi) is 8.43. The van der Waals surface area contributed by atoms with E-state index < -0.39 is 34.5 Å². The van der Waals surface area contributed by atoms with E-state index >= 15 is 0 Å². The zero-order valence-electron chi connectivity index (χ0n) is 27.8. The molecule has 9 heteroatoms. The molecule has 1 aromatic carbocycles. The molecule has 1 N–H and O–H groups in total. The second-order valence-corrected chi connectivity index (χ2v) is 15.1. The third kappa shape index (κ3) is 5.09. The number of cyclic esters (lactones) is 2. The van der Waals surface area contributed by atoms with Crippen molar-refractivity contribution in [1.29, 1.82) is 0 Å². The highest BCUT2D eigenvalue weighted by Crippen LogP contribution is 2.74. The van der Waals surface area contributed by atoms with Crippen LogP contribution in [0.2, 0.25) is 0 Å². The predicted octanol–water partition coefficient (Wildman–Crippen LogP) is 4.84. The number of fused-ring (bicyclic) bond motifs is 1. The van der Waals surface area contributed by atoms with Crippen LogP contribution < -0.4 is 5.32 Å². The van der Waals surface area contributed by atoms with Gasteiger partial charge in [-0.1, -0.05) is 76.1 Å². The predicted molar refractivity (Wildman–Crippen MR) is 169 cm³/mol. The van der Waals surface area contributed by atoms with Gasteiger partial charge in [-0.15, -0.1) is 0 Å². The Bertz CT molecular complexity index is 1450. The van der Waals surface area contributed by atoms with Crippen LogP contribution in [0.4, 0.5) is 0 Å². The van der Waals surface area contributed by atoms with Crippen LogP contribution in [0, 0.1) is 51.8 Å². The zero-order chi connectivity index (χ0) is 33.0. The molecule has 3 saturated carbocycles. The van der Waals surface area contributed by atoms with Gasteiger partial charge in [0.05, 0.1) is 25.0 Å². The van der Waals surface area contributed by atoms with Crippen LogP contribution in [0.1, 0.15) is 78.7 Å². The highest BCUT2D eigenvalue weighted by Gasteiger charge is 2.73. The number of ether oxygens (including phenoxy) is 2. The van der Waals surface area contributed by atoms with Gasteiger partial charge in [-0.2, -0.15) is 0 Å². The van der Waals surface area contributed by atoms with E-state index in [1.54, 1.807) is 11.8 Å². The molecule has 46 heavy (non-hydrogen) atoms. The van der Waals surface area contributed by atoms with Crippen LogP contribution in [-0.2, 0) is 40.0 Å². The minimum Gasteiger partial charge on any atom is -0.465 e. The van der Waals surface area contributed by atoms with E-state index in [2.05, 4.69) is 39.1 Å². The maximum Gasteiger partial charge on any atom is 0.325 e. The van der Waals surface area contributed by atoms with Gasteiger partial charge in [-0.05, 0) is 73.7 Å². The van der Waals surface area contributed by atoms with Crippen molar-refractivity contribution >= 4 is 29.7 Å². The molecule has 6 aliphatic rings. The Labute approximate surface area is 271 Å². The molecule has 5 aliphatic carbocycles. The molecule has 0 radical (unpaired) electrons. The van der Waals surface area contributed by atoms with E-state index in [4.69, 9.17) is 9.47 Å². The first-order valence-electron chi connectivity index (χ1n) is 17.1. The lowest BCUT2D eigenvalue weighted by atomic mass is 9.34. The Hall–Kier alpha value is -3.49. The molecule has 1 aromatic rings. The molecular formula is C37H48N2O7. The smallest absolute Gasteiger partial charge is 0.325 e. The molecule has 2 bridgehead atoms. The number of hydrogen-bond acceptors (Lipinski definition) is 7. The number of esters is 3. The SMILES string of the molecule is CCOC(=O)CNC(=O)CN(Cc1ccccc1)C(=O)[C@@]1(C)CCC[C@]2(C)[C@H]3C[C@H]4C(C(C)C)=C[C@]3(CC[C@H]21)[C@@H]1C(=O)OC(=O)[C@@H]14. The van der Waals surface area contributed by atoms with E-state index in [1.807, 2.05) is 30.3 Å². The van der Waals surface area contributed by atoms with E-state index in [9.17, 15) is 24.0 Å². The van der Waals surface area contributed by atoms with Gasteiger partial charge >= 0.3 is 17.9 Å². The summed E-state index contributed by atoms with van der Waals surface area (Å²) in [6.07, 6.45) is 7.21. The fourth-order valence-corrected chi connectivity index (χ4v) is 10.7. The Morgan fingerprint density at radius 2 is 1.78 bits per heavy atom. The minimum absolute atomic E-state index is 0.0204. The summed E-state index contributed by atoms with van der Waals surface area (Å²) in [6.45, 7) is 10.5. The third-order valence-corrected chi connectivity index (χ3v) is 12.5. The van der Waals surface area contributed by atoms with E-state index in [1.165, 1.54) is 5.57 Å². The number of rotatable bonds is 9. The number of amides is 2. The van der Waals surface area contributed by atoms with Gasteiger partial charge in [0, 0.05) is 17.4 Å². The lowest BCUT2D eigenvalue weighted by molar-refractivity contribution is -0.192. The van der Waals surface area contributed by atoms with Gasteiger partial charge in [0.15, 0.2) is 0 Å². The second kappa shape index (κ2) is 11.9. The molecule has 0 aromatic heterocycles. The topological polar surface area (TPSA) is 119 Å². The fourth-order valence-electron chi connectivity index (χ4n) is 10.7. The Morgan fingerprint density at radius 1 is 1.04 bits per heavy atom. The lowest BCUT2D eigenvalue weighted by Crippen LogP contribution is -2.66. The minimum atomic E-state index is -0.725. The van der Waals surface area contributed by atoms with Gasteiger partial charge in [0.2, 0.25) is 11.8 Å². The number of nitrogens with one attached hydrogen (secondary N) is 1. The van der Waals surface area contributed by atoms with Crippen LogP contribution in [0.5, 0.6) is 0 Å². The van der Waals surface area contributed by atoms with Crippen molar-refractivity contribution in [3.8, 4) is 0 Å². The van der Waals surface area contributed by atoms with Crippen molar-refractivity contribution in [2.45, 2.75) is 79.7 Å². The van der Waals surface area contributed by atoms with Crippen molar-refractivity contribution in [3.05, 3.63) is 47.5 Å². The second-order valence-electron chi connectivity index (χ2n) is 15.1. The van der Waals surface area contributed by atoms with Crippen LogP contribution in [0.15, 0.2) is 42.0 Å². The summed E-state index contributed by atoms with van der Waals surface area (Å²) in [4.78, 5) is 67.9. The third-order valence-electron chi connectivity index (χ3n) is 12.5. The normalized spacial score (nSPS) is 35.8. The number of carbonyl (C=O) groups is 5. The van der Waals surface area contributed by atoms with Gasteiger partial charge in [-0.3, -0.25) is 24.0 Å². The quantitative estimate of drug-likeness (QED) is 0.235. The maximum absolute atomic E-state index is 14.9. The molecule has 1 saturated heterocycles. The van der Waals surface area contributed by atoms with Gasteiger partial charge in [-0.25, -0.2) is 0 Å². The van der Waals surface area contributed by atoms with Gasteiger partial charge in [0.25, 0.3) is 0 Å². The summed E-state index contributed by atoms with van der Waals surface area (Å²) in [7, 11) is 0. The molecule has 8 atom stereocenters. The first-order chi connectivity index (χ1) is 21.9. The molecule has 2 amide bonds. The summed E-state index contributed by atoms with van der Waals surface area (Å²) in [5.74, 6) is -2.13. The fraction of sp³-hybridized carbons (Fsp3) is 0.649. The van der Waals surface area contributed by atoms with Crippen LogP contribution in [0.25, 0.3) is 0 Å². The largest absolute Gasteiger partial charge is 0.465 e. The number of hydrogen-bond donors (Lipinski definition) is 1. The first-order valence-corrected chi connectivity index (χ1v) is 17.1. The molecule has 9 nitrogen and oxygen atoms in total. The number of allylic oxidation sites excluding steroid dienone is 2. The molecular weight excluding hydrogens is 584 g/mol. The molecule has 1 spiro atoms. The van der Waals surface area contributed by atoms with Crippen molar-refractivity contribution in [2.24, 2.45) is 51.8 Å². The first kappa shape index (κ1) is 32.5. The standard InChI is InChI=1S/C37H48N2O7/c1-6-45-29(41)19-38-28(40)21-39(20-23-11-8-7-9-12-23)34(44)36(5)15-10-14-35(4)26(36)13-16-37-18-25(22(2)3)24(17-27(35)37)30-31(37)33(43)46-32(30)42/h7-9,11-12,18,22,24,26-27,30-31H,6,10,13-17,19-21H2,1-5H3,(H,38,40)/t24-,26+,27+,30+,31-,35-,36-,37-/m0/s1. The number of nitrogens with zero attached hydrogens (tertiary/aromatic N) is 1. The Balaban J connectivity index is 1.31. The van der Waals surface area contributed by atoms with E-state index in [-0.39, 0.29) is 73.2 Å². The number of benzene rings is 1. The summed E-state index contributed by atoms with van der Waals surface area (Å²) >= 11 is 0. The van der Waals surface area contributed by atoms with E-state index in [0.717, 1.165) is 37.7 Å². The highest BCUT2D eigenvalue weighted by molar-refractivity contribution is 5.98. The molecule has 248 valence electrons. The molecule has 1 aliphatic heterocycles. The summed E-state index contributed by atoms with van der Waals surface area (Å²) in [5.41, 5.74) is 0.789.